The molecular formula is C20H15ClF3N3O2. The first-order chi connectivity index (χ1) is 13.7. The van der Waals surface area contributed by atoms with Gasteiger partial charge in [-0.2, -0.15) is 23.7 Å². The highest BCUT2D eigenvalue weighted by atomic mass is 35.5. The summed E-state index contributed by atoms with van der Waals surface area (Å²) in [7, 11) is 0. The number of anilines is 1. The molecule has 2 atom stereocenters. The van der Waals surface area contributed by atoms with Crippen LogP contribution < -0.4 is 9.64 Å². The Balaban J connectivity index is 1.79. The number of rotatable bonds is 4. The average Bonchev–Trinajstić information content (AvgIpc) is 3.13. The van der Waals surface area contributed by atoms with Crippen LogP contribution >= 0.6 is 11.6 Å². The van der Waals surface area contributed by atoms with E-state index in [0.29, 0.717) is 16.9 Å². The molecule has 29 heavy (non-hydrogen) atoms. The number of nitriles is 2. The Hall–Kier alpha value is -2.94. The van der Waals surface area contributed by atoms with E-state index >= 15 is 0 Å². The molecule has 150 valence electrons. The van der Waals surface area contributed by atoms with Crippen LogP contribution in [-0.4, -0.2) is 31.7 Å². The largest absolute Gasteiger partial charge is 0.491 e. The average molecular weight is 422 g/mol. The number of hydrogen-bond acceptors (Lipinski definition) is 5. The molecule has 1 heterocycles. The van der Waals surface area contributed by atoms with Gasteiger partial charge in [-0.05, 0) is 48.9 Å². The smallest absolute Gasteiger partial charge is 0.433 e. The van der Waals surface area contributed by atoms with Gasteiger partial charge in [-0.3, -0.25) is 0 Å². The minimum absolute atomic E-state index is 0.0659. The third-order valence-corrected chi connectivity index (χ3v) is 4.98. The Morgan fingerprint density at radius 2 is 1.86 bits per heavy atom. The molecule has 0 bridgehead atoms. The fourth-order valence-electron chi connectivity index (χ4n) is 3.07. The van der Waals surface area contributed by atoms with Crippen molar-refractivity contribution in [1.82, 2.24) is 0 Å². The van der Waals surface area contributed by atoms with Crippen LogP contribution in [0, 0.1) is 29.6 Å². The summed E-state index contributed by atoms with van der Waals surface area (Å²) in [6, 6.07) is 12.9. The maximum atomic E-state index is 13.6. The number of nitrogens with zero attached hydrogens (tertiary/aromatic N) is 3. The van der Waals surface area contributed by atoms with Gasteiger partial charge in [0.15, 0.2) is 0 Å². The molecule has 2 aromatic carbocycles. The van der Waals surface area contributed by atoms with Crippen molar-refractivity contribution < 1.29 is 22.6 Å². The lowest BCUT2D eigenvalue weighted by atomic mass is 10.1. The number of alkyl halides is 3. The van der Waals surface area contributed by atoms with E-state index in [-0.39, 0.29) is 29.4 Å². The quantitative estimate of drug-likeness (QED) is 0.723. The van der Waals surface area contributed by atoms with Gasteiger partial charge >= 0.3 is 6.18 Å². The normalized spacial score (nSPS) is 18.9. The molecule has 0 spiro atoms. The summed E-state index contributed by atoms with van der Waals surface area (Å²) in [5.41, 5.74) is 1.26. The molecule has 9 heteroatoms. The number of benzene rings is 2. The predicted molar refractivity (Wildman–Crippen MR) is 99.6 cm³/mol. The summed E-state index contributed by atoms with van der Waals surface area (Å²) in [5.74, 6) is 0.423. The third kappa shape index (κ3) is 4.40. The Morgan fingerprint density at radius 1 is 1.17 bits per heavy atom. The van der Waals surface area contributed by atoms with E-state index < -0.39 is 18.5 Å². The zero-order chi connectivity index (χ0) is 21.2. The summed E-state index contributed by atoms with van der Waals surface area (Å²) in [6.45, 7) is 1.40. The molecule has 0 saturated carbocycles. The van der Waals surface area contributed by atoms with Gasteiger partial charge in [0.1, 0.15) is 24.5 Å². The Bertz CT molecular complexity index is 981. The van der Waals surface area contributed by atoms with E-state index in [9.17, 15) is 13.2 Å². The highest BCUT2D eigenvalue weighted by Crippen LogP contribution is 2.38. The fraction of sp³-hybridized carbons (Fsp3) is 0.300. The lowest BCUT2D eigenvalue weighted by molar-refractivity contribution is -0.215. The van der Waals surface area contributed by atoms with Crippen LogP contribution in [0.25, 0.3) is 0 Å². The van der Waals surface area contributed by atoms with Crippen LogP contribution in [0.15, 0.2) is 36.4 Å². The molecule has 1 aliphatic heterocycles. The SMILES string of the molecule is Cc1c(N2C[C@@H](COc3ccc(C#N)cc3)O[C@H]2C(F)(F)F)ccc(C#N)c1Cl. The van der Waals surface area contributed by atoms with Crippen molar-refractivity contribution >= 4 is 17.3 Å². The summed E-state index contributed by atoms with van der Waals surface area (Å²) >= 11 is 6.12. The van der Waals surface area contributed by atoms with Gasteiger partial charge in [0, 0.05) is 5.69 Å². The summed E-state index contributed by atoms with van der Waals surface area (Å²) in [6.07, 6.45) is -7.62. The van der Waals surface area contributed by atoms with Crippen molar-refractivity contribution in [2.75, 3.05) is 18.1 Å². The maximum Gasteiger partial charge on any atom is 0.433 e. The van der Waals surface area contributed by atoms with Gasteiger partial charge in [-0.15, -0.1) is 0 Å². The molecule has 2 aromatic rings. The van der Waals surface area contributed by atoms with Crippen molar-refractivity contribution in [2.45, 2.75) is 25.4 Å². The molecule has 0 aliphatic carbocycles. The van der Waals surface area contributed by atoms with E-state index in [1.54, 1.807) is 31.2 Å². The van der Waals surface area contributed by atoms with Crippen molar-refractivity contribution in [3.8, 4) is 17.9 Å². The summed E-state index contributed by atoms with van der Waals surface area (Å²) in [5, 5.41) is 18.0. The topological polar surface area (TPSA) is 69.3 Å². The molecule has 1 fully saturated rings. The van der Waals surface area contributed by atoms with Gasteiger partial charge in [0.25, 0.3) is 0 Å². The van der Waals surface area contributed by atoms with Crippen LogP contribution in [0.2, 0.25) is 5.02 Å². The number of halogens is 4. The molecule has 0 unspecified atom stereocenters. The van der Waals surface area contributed by atoms with Gasteiger partial charge in [-0.25, -0.2) is 0 Å². The standard InChI is InChI=1S/C20H15ClF3N3O2/c1-12-17(7-4-14(9-26)18(12)21)27-10-16(29-19(27)20(22,23)24)11-28-15-5-2-13(8-25)3-6-15/h2-7,16,19H,10-11H2,1H3/t16-,19-/m0/s1. The van der Waals surface area contributed by atoms with Crippen molar-refractivity contribution in [2.24, 2.45) is 0 Å². The first-order valence-corrected chi connectivity index (χ1v) is 8.93. The fourth-order valence-corrected chi connectivity index (χ4v) is 3.27. The van der Waals surface area contributed by atoms with Gasteiger partial charge in [0.2, 0.25) is 6.23 Å². The van der Waals surface area contributed by atoms with Crippen LogP contribution in [0.5, 0.6) is 5.75 Å². The minimum atomic E-state index is -4.63. The molecule has 0 aromatic heterocycles. The summed E-state index contributed by atoms with van der Waals surface area (Å²) < 4.78 is 51.5. The zero-order valence-corrected chi connectivity index (χ0v) is 16.0. The van der Waals surface area contributed by atoms with Crippen molar-refractivity contribution in [1.29, 1.82) is 10.5 Å². The second kappa shape index (κ2) is 8.20. The Morgan fingerprint density at radius 3 is 2.45 bits per heavy atom. The van der Waals surface area contributed by atoms with Crippen LogP contribution in [0.4, 0.5) is 18.9 Å². The molecule has 5 nitrogen and oxygen atoms in total. The van der Waals surface area contributed by atoms with Crippen LogP contribution in [-0.2, 0) is 4.74 Å². The maximum absolute atomic E-state index is 13.6. The molecule has 1 saturated heterocycles. The zero-order valence-electron chi connectivity index (χ0n) is 15.2. The predicted octanol–water partition coefficient (Wildman–Crippen LogP) is 4.56. The highest BCUT2D eigenvalue weighted by molar-refractivity contribution is 6.32. The minimum Gasteiger partial charge on any atom is -0.491 e. The van der Waals surface area contributed by atoms with Crippen LogP contribution in [0.1, 0.15) is 16.7 Å². The first kappa shape index (κ1) is 20.8. The Labute approximate surface area is 170 Å². The first-order valence-electron chi connectivity index (χ1n) is 8.55. The Kier molecular flexibility index (Phi) is 5.88. The number of hydrogen-bond donors (Lipinski definition) is 0. The van der Waals surface area contributed by atoms with Gasteiger partial charge < -0.3 is 14.4 Å². The monoisotopic (exact) mass is 421 g/mol. The van der Waals surface area contributed by atoms with E-state index in [1.165, 1.54) is 12.1 Å². The van der Waals surface area contributed by atoms with E-state index in [1.807, 2.05) is 12.1 Å². The summed E-state index contributed by atoms with van der Waals surface area (Å²) in [4.78, 5) is 1.08. The lowest BCUT2D eigenvalue weighted by Gasteiger charge is -2.28. The molecule has 0 radical (unpaired) electrons. The van der Waals surface area contributed by atoms with E-state index in [2.05, 4.69) is 0 Å². The van der Waals surface area contributed by atoms with E-state index in [4.69, 9.17) is 31.6 Å². The van der Waals surface area contributed by atoms with Crippen molar-refractivity contribution in [3.63, 3.8) is 0 Å². The second-order valence-corrected chi connectivity index (χ2v) is 6.81. The molecule has 0 amide bonds. The highest BCUT2D eigenvalue weighted by Gasteiger charge is 2.51. The van der Waals surface area contributed by atoms with Crippen molar-refractivity contribution in [3.05, 3.63) is 58.1 Å². The van der Waals surface area contributed by atoms with E-state index in [0.717, 1.165) is 4.90 Å². The molecule has 0 N–H and O–H groups in total. The molecular weight excluding hydrogens is 407 g/mol. The number of ether oxygens (including phenoxy) is 2. The lowest BCUT2D eigenvalue weighted by Crippen LogP contribution is -2.42. The molecule has 1 aliphatic rings. The second-order valence-electron chi connectivity index (χ2n) is 6.43. The molecule has 3 rings (SSSR count). The van der Waals surface area contributed by atoms with Gasteiger partial charge in [0.05, 0.1) is 28.8 Å². The van der Waals surface area contributed by atoms with Crippen LogP contribution in [0.3, 0.4) is 0 Å². The third-order valence-electron chi connectivity index (χ3n) is 4.49. The van der Waals surface area contributed by atoms with Gasteiger partial charge in [-0.1, -0.05) is 11.6 Å².